The number of rotatable bonds is 8. The highest BCUT2D eigenvalue weighted by Gasteiger charge is 2.17. The predicted octanol–water partition coefficient (Wildman–Crippen LogP) is 4.60. The number of carbonyl (C=O) groups is 1. The van der Waals surface area contributed by atoms with Gasteiger partial charge in [0.2, 0.25) is 0 Å². The van der Waals surface area contributed by atoms with Gasteiger partial charge in [-0.25, -0.2) is 4.98 Å². The number of aromatic nitrogens is 4. The molecule has 0 bridgehead atoms. The third-order valence-electron chi connectivity index (χ3n) is 4.53. The first-order chi connectivity index (χ1) is 15.1. The molecule has 0 saturated heterocycles. The molecule has 0 amide bonds. The fourth-order valence-electron chi connectivity index (χ4n) is 2.99. The van der Waals surface area contributed by atoms with Crippen LogP contribution in [0.4, 0.5) is 0 Å². The van der Waals surface area contributed by atoms with Gasteiger partial charge in [0.25, 0.3) is 0 Å². The van der Waals surface area contributed by atoms with Gasteiger partial charge < -0.3 is 13.9 Å². The molecule has 1 aromatic carbocycles. The summed E-state index contributed by atoms with van der Waals surface area (Å²) in [6.07, 6.45) is 1.58. The van der Waals surface area contributed by atoms with Gasteiger partial charge in [-0.1, -0.05) is 23.4 Å². The van der Waals surface area contributed by atoms with Crippen LogP contribution in [0.25, 0.3) is 22.5 Å². The Morgan fingerprint density at radius 3 is 2.87 bits per heavy atom. The zero-order chi connectivity index (χ0) is 21.8. The number of esters is 1. The molecule has 0 radical (unpaired) electrons. The van der Waals surface area contributed by atoms with E-state index >= 15 is 0 Å². The average molecular weight is 459 g/mol. The maximum atomic E-state index is 12.3. The summed E-state index contributed by atoms with van der Waals surface area (Å²) in [4.78, 5) is 16.6. The van der Waals surface area contributed by atoms with Crippen LogP contribution < -0.4 is 4.74 Å². The van der Waals surface area contributed by atoms with Crippen molar-refractivity contribution in [2.75, 3.05) is 12.9 Å². The molecule has 0 fully saturated rings. The van der Waals surface area contributed by atoms with E-state index in [1.165, 1.54) is 11.8 Å². The van der Waals surface area contributed by atoms with E-state index in [0.717, 1.165) is 5.39 Å². The number of hydrogen-bond donors (Lipinski definition) is 0. The van der Waals surface area contributed by atoms with E-state index in [-0.39, 0.29) is 23.5 Å². The van der Waals surface area contributed by atoms with Crippen molar-refractivity contribution in [2.24, 2.45) is 0 Å². The molecule has 4 rings (SSSR count). The molecule has 0 atom stereocenters. The number of thioether (sulfide) groups is 1. The van der Waals surface area contributed by atoms with Crippen LogP contribution in [0.1, 0.15) is 12.5 Å². The standard InChI is InChI=1S/C21H19ClN4O4S/c1-3-26-20(17-5-4-8-29-17)24-25-21(26)31-12-18(27)30-11-14-9-13-6-7-15(28-2)10-16(13)23-19(14)22/h4-10H,3,11-12H2,1-2H3. The highest BCUT2D eigenvalue weighted by Crippen LogP contribution is 2.26. The lowest BCUT2D eigenvalue weighted by molar-refractivity contribution is -0.141. The molecule has 10 heteroatoms. The van der Waals surface area contributed by atoms with E-state index in [0.29, 0.717) is 40.1 Å². The van der Waals surface area contributed by atoms with Crippen molar-refractivity contribution < 1.29 is 18.7 Å². The van der Waals surface area contributed by atoms with Crippen LogP contribution in [-0.4, -0.2) is 38.6 Å². The highest BCUT2D eigenvalue weighted by atomic mass is 35.5. The lowest BCUT2D eigenvalue weighted by atomic mass is 10.1. The van der Waals surface area contributed by atoms with E-state index in [9.17, 15) is 4.79 Å². The second kappa shape index (κ2) is 9.40. The Balaban J connectivity index is 1.38. The van der Waals surface area contributed by atoms with Crippen molar-refractivity contribution in [3.05, 3.63) is 53.4 Å². The monoisotopic (exact) mass is 458 g/mol. The van der Waals surface area contributed by atoms with E-state index in [1.54, 1.807) is 25.5 Å². The summed E-state index contributed by atoms with van der Waals surface area (Å²) in [6, 6.07) is 11.0. The average Bonchev–Trinajstić information content (AvgIpc) is 3.45. The molecule has 0 unspecified atom stereocenters. The van der Waals surface area contributed by atoms with Gasteiger partial charge >= 0.3 is 5.97 Å². The van der Waals surface area contributed by atoms with Gasteiger partial charge in [0.15, 0.2) is 16.7 Å². The number of furan rings is 1. The number of carbonyl (C=O) groups excluding carboxylic acids is 1. The highest BCUT2D eigenvalue weighted by molar-refractivity contribution is 7.99. The summed E-state index contributed by atoms with van der Waals surface area (Å²) in [5, 5.41) is 10.1. The molecule has 3 heterocycles. The first-order valence-corrected chi connectivity index (χ1v) is 10.8. The first-order valence-electron chi connectivity index (χ1n) is 9.47. The summed E-state index contributed by atoms with van der Waals surface area (Å²) in [5.41, 5.74) is 1.34. The number of hydrogen-bond acceptors (Lipinski definition) is 8. The minimum atomic E-state index is -0.388. The number of halogens is 1. The topological polar surface area (TPSA) is 92.3 Å². The zero-order valence-electron chi connectivity index (χ0n) is 16.9. The Kier molecular flexibility index (Phi) is 6.43. The summed E-state index contributed by atoms with van der Waals surface area (Å²) >= 11 is 7.52. The van der Waals surface area contributed by atoms with Gasteiger partial charge in [-0.05, 0) is 37.3 Å². The van der Waals surface area contributed by atoms with E-state index in [1.807, 2.05) is 35.8 Å². The fourth-order valence-corrected chi connectivity index (χ4v) is 3.99. The van der Waals surface area contributed by atoms with Gasteiger partial charge in [-0.15, -0.1) is 10.2 Å². The van der Waals surface area contributed by atoms with E-state index < -0.39 is 0 Å². The van der Waals surface area contributed by atoms with Crippen molar-refractivity contribution >= 4 is 40.2 Å². The molecule has 0 aliphatic rings. The normalized spacial score (nSPS) is 11.1. The van der Waals surface area contributed by atoms with Crippen LogP contribution >= 0.6 is 23.4 Å². The Morgan fingerprint density at radius 1 is 1.26 bits per heavy atom. The quantitative estimate of drug-likeness (QED) is 0.215. The third-order valence-corrected chi connectivity index (χ3v) is 5.80. The van der Waals surface area contributed by atoms with Crippen molar-refractivity contribution in [2.45, 2.75) is 25.2 Å². The van der Waals surface area contributed by atoms with Crippen molar-refractivity contribution in [3.63, 3.8) is 0 Å². The number of pyridine rings is 1. The molecule has 0 saturated carbocycles. The minimum absolute atomic E-state index is 0.0330. The largest absolute Gasteiger partial charge is 0.497 e. The lowest BCUT2D eigenvalue weighted by Crippen LogP contribution is -2.09. The van der Waals surface area contributed by atoms with Crippen LogP contribution in [0.5, 0.6) is 5.75 Å². The first kappa shape index (κ1) is 21.2. The van der Waals surface area contributed by atoms with Gasteiger partial charge in [0, 0.05) is 23.6 Å². The summed E-state index contributed by atoms with van der Waals surface area (Å²) in [5.74, 6) is 1.64. The van der Waals surface area contributed by atoms with Crippen LogP contribution in [-0.2, 0) is 22.7 Å². The number of fused-ring (bicyclic) bond motifs is 1. The van der Waals surface area contributed by atoms with Gasteiger partial charge in [-0.3, -0.25) is 9.36 Å². The molecule has 3 aromatic heterocycles. The van der Waals surface area contributed by atoms with E-state index in [2.05, 4.69) is 15.2 Å². The molecular formula is C21H19ClN4O4S. The number of ether oxygens (including phenoxy) is 2. The van der Waals surface area contributed by atoms with Crippen LogP contribution in [0.2, 0.25) is 5.15 Å². The Morgan fingerprint density at radius 2 is 2.13 bits per heavy atom. The van der Waals surface area contributed by atoms with Crippen molar-refractivity contribution in [1.82, 2.24) is 19.7 Å². The molecule has 0 N–H and O–H groups in total. The predicted molar refractivity (Wildman–Crippen MR) is 117 cm³/mol. The van der Waals surface area contributed by atoms with Gasteiger partial charge in [0.1, 0.15) is 17.5 Å². The van der Waals surface area contributed by atoms with Crippen LogP contribution in [0.3, 0.4) is 0 Å². The number of methoxy groups -OCH3 is 1. The molecule has 8 nitrogen and oxygen atoms in total. The maximum absolute atomic E-state index is 12.3. The Hall–Kier alpha value is -3.04. The van der Waals surface area contributed by atoms with Crippen molar-refractivity contribution in [3.8, 4) is 17.3 Å². The van der Waals surface area contributed by atoms with Gasteiger partial charge in [-0.2, -0.15) is 0 Å². The lowest BCUT2D eigenvalue weighted by Gasteiger charge is -2.09. The third kappa shape index (κ3) is 4.67. The zero-order valence-corrected chi connectivity index (χ0v) is 18.4. The second-order valence-electron chi connectivity index (χ2n) is 6.47. The molecule has 0 spiro atoms. The summed E-state index contributed by atoms with van der Waals surface area (Å²) in [7, 11) is 1.59. The molecule has 160 valence electrons. The molecule has 0 aliphatic carbocycles. The van der Waals surface area contributed by atoms with E-state index in [4.69, 9.17) is 25.5 Å². The number of nitrogens with zero attached hydrogens (tertiary/aromatic N) is 4. The number of benzene rings is 1. The second-order valence-corrected chi connectivity index (χ2v) is 7.77. The Bertz CT molecular complexity index is 1210. The Labute approximate surface area is 187 Å². The smallest absolute Gasteiger partial charge is 0.316 e. The molecule has 31 heavy (non-hydrogen) atoms. The molecule has 4 aromatic rings. The minimum Gasteiger partial charge on any atom is -0.497 e. The van der Waals surface area contributed by atoms with Crippen LogP contribution in [0.15, 0.2) is 52.2 Å². The summed E-state index contributed by atoms with van der Waals surface area (Å²) < 4.78 is 17.9. The maximum Gasteiger partial charge on any atom is 0.316 e. The molecular weight excluding hydrogens is 440 g/mol. The fraction of sp³-hybridized carbons (Fsp3) is 0.238. The summed E-state index contributed by atoms with van der Waals surface area (Å²) in [6.45, 7) is 2.65. The SMILES string of the molecule is CCn1c(SCC(=O)OCc2cc3ccc(OC)cc3nc2Cl)nnc1-c1ccco1. The van der Waals surface area contributed by atoms with Crippen LogP contribution in [0, 0.1) is 0 Å². The van der Waals surface area contributed by atoms with Gasteiger partial charge in [0.05, 0.1) is 24.6 Å². The van der Waals surface area contributed by atoms with Crippen molar-refractivity contribution in [1.29, 1.82) is 0 Å². The molecule has 0 aliphatic heterocycles.